The van der Waals surface area contributed by atoms with Crippen LogP contribution in [0.1, 0.15) is 25.3 Å². The average Bonchev–Trinajstić information content (AvgIpc) is 2.84. The summed E-state index contributed by atoms with van der Waals surface area (Å²) in [6.07, 6.45) is 5.68. The Morgan fingerprint density at radius 1 is 1.28 bits per heavy atom. The summed E-state index contributed by atoms with van der Waals surface area (Å²) < 4.78 is 2.21. The molecule has 0 radical (unpaired) electrons. The third-order valence-electron chi connectivity index (χ3n) is 3.42. The van der Waals surface area contributed by atoms with Crippen LogP contribution in [0.25, 0.3) is 11.3 Å². The lowest BCUT2D eigenvalue weighted by molar-refractivity contribution is 0.627. The fourth-order valence-electron chi connectivity index (χ4n) is 2.45. The Hall–Kier alpha value is -1.77. The van der Waals surface area contributed by atoms with Gasteiger partial charge in [-0.15, -0.1) is 0 Å². The largest absolute Gasteiger partial charge is 0.356 e. The molecule has 1 N–H and O–H groups in total. The molecule has 2 heterocycles. The van der Waals surface area contributed by atoms with Crippen LogP contribution in [0.5, 0.6) is 0 Å². The number of hydrogen-bond donors (Lipinski definition) is 1. The van der Waals surface area contributed by atoms with E-state index < -0.39 is 0 Å². The molecule has 3 rings (SSSR count). The Bertz CT molecular complexity index is 502. The van der Waals surface area contributed by atoms with Gasteiger partial charge in [0.05, 0.1) is 5.69 Å². The zero-order chi connectivity index (χ0) is 12.4. The van der Waals surface area contributed by atoms with Crippen LogP contribution in [0.3, 0.4) is 0 Å². The quantitative estimate of drug-likeness (QED) is 0.893. The summed E-state index contributed by atoms with van der Waals surface area (Å²) in [5.41, 5.74) is 3.68. The first-order chi connectivity index (χ1) is 8.86. The standard InChI is InChI=1S/C15H19N3/c1-2-4-12-5-7-13(8-6-12)14-11-18-10-3-9-16-15(18)17-14/h5-8,11H,2-4,9-10H2,1H3,(H,16,17). The molecule has 0 aliphatic carbocycles. The summed E-state index contributed by atoms with van der Waals surface area (Å²) in [5.74, 6) is 1.01. The van der Waals surface area contributed by atoms with E-state index in [1.165, 1.54) is 24.0 Å². The lowest BCUT2D eigenvalue weighted by atomic mass is 10.1. The van der Waals surface area contributed by atoms with Crippen molar-refractivity contribution in [1.82, 2.24) is 9.55 Å². The summed E-state index contributed by atoms with van der Waals surface area (Å²) >= 11 is 0. The number of nitrogens with zero attached hydrogens (tertiary/aromatic N) is 2. The summed E-state index contributed by atoms with van der Waals surface area (Å²) in [5, 5.41) is 3.34. The summed E-state index contributed by atoms with van der Waals surface area (Å²) in [6.45, 7) is 4.32. The van der Waals surface area contributed by atoms with E-state index in [1.54, 1.807) is 0 Å². The van der Waals surface area contributed by atoms with Gasteiger partial charge in [-0.1, -0.05) is 37.6 Å². The van der Waals surface area contributed by atoms with Gasteiger partial charge in [0.2, 0.25) is 5.95 Å². The number of imidazole rings is 1. The fraction of sp³-hybridized carbons (Fsp3) is 0.400. The van der Waals surface area contributed by atoms with Crippen molar-refractivity contribution in [2.24, 2.45) is 0 Å². The molecule has 2 aromatic rings. The second-order valence-electron chi connectivity index (χ2n) is 4.87. The van der Waals surface area contributed by atoms with E-state index in [0.717, 1.165) is 31.2 Å². The Balaban J connectivity index is 1.87. The maximum Gasteiger partial charge on any atom is 0.203 e. The van der Waals surface area contributed by atoms with Gasteiger partial charge in [0.15, 0.2) is 0 Å². The topological polar surface area (TPSA) is 29.9 Å². The molecule has 1 aliphatic heterocycles. The highest BCUT2D eigenvalue weighted by Crippen LogP contribution is 2.23. The highest BCUT2D eigenvalue weighted by atomic mass is 15.2. The number of benzene rings is 1. The summed E-state index contributed by atoms with van der Waals surface area (Å²) in [6, 6.07) is 8.79. The molecular weight excluding hydrogens is 222 g/mol. The first kappa shape index (κ1) is 11.3. The van der Waals surface area contributed by atoms with Crippen LogP contribution in [-0.4, -0.2) is 16.1 Å². The predicted octanol–water partition coefficient (Wildman–Crippen LogP) is 3.32. The fourth-order valence-corrected chi connectivity index (χ4v) is 2.45. The smallest absolute Gasteiger partial charge is 0.203 e. The molecule has 0 saturated heterocycles. The van der Waals surface area contributed by atoms with Crippen molar-refractivity contribution in [3.8, 4) is 11.3 Å². The molecule has 1 aliphatic rings. The van der Waals surface area contributed by atoms with E-state index in [2.05, 4.69) is 52.3 Å². The van der Waals surface area contributed by atoms with E-state index >= 15 is 0 Å². The zero-order valence-electron chi connectivity index (χ0n) is 10.8. The lowest BCUT2D eigenvalue weighted by Crippen LogP contribution is -2.16. The average molecular weight is 241 g/mol. The first-order valence-corrected chi connectivity index (χ1v) is 6.77. The van der Waals surface area contributed by atoms with Gasteiger partial charge < -0.3 is 9.88 Å². The molecule has 0 amide bonds. The minimum absolute atomic E-state index is 1.01. The van der Waals surface area contributed by atoms with Crippen LogP contribution in [0, 0.1) is 0 Å². The monoisotopic (exact) mass is 241 g/mol. The van der Waals surface area contributed by atoms with Gasteiger partial charge in [-0.05, 0) is 18.4 Å². The Morgan fingerprint density at radius 3 is 2.83 bits per heavy atom. The molecule has 0 bridgehead atoms. The van der Waals surface area contributed by atoms with Gasteiger partial charge in [-0.25, -0.2) is 4.98 Å². The molecule has 3 nitrogen and oxygen atoms in total. The third-order valence-corrected chi connectivity index (χ3v) is 3.42. The van der Waals surface area contributed by atoms with Crippen molar-refractivity contribution in [2.75, 3.05) is 11.9 Å². The molecule has 18 heavy (non-hydrogen) atoms. The van der Waals surface area contributed by atoms with Crippen molar-refractivity contribution in [3.05, 3.63) is 36.0 Å². The second-order valence-corrected chi connectivity index (χ2v) is 4.87. The number of hydrogen-bond acceptors (Lipinski definition) is 2. The first-order valence-electron chi connectivity index (χ1n) is 6.77. The van der Waals surface area contributed by atoms with Gasteiger partial charge in [0, 0.05) is 24.8 Å². The number of aryl methyl sites for hydroxylation is 2. The molecule has 0 spiro atoms. The number of anilines is 1. The van der Waals surface area contributed by atoms with Gasteiger partial charge in [-0.3, -0.25) is 0 Å². The molecule has 94 valence electrons. The van der Waals surface area contributed by atoms with Crippen LogP contribution < -0.4 is 5.32 Å². The van der Waals surface area contributed by atoms with Crippen molar-refractivity contribution >= 4 is 5.95 Å². The van der Waals surface area contributed by atoms with E-state index in [-0.39, 0.29) is 0 Å². The number of rotatable bonds is 3. The van der Waals surface area contributed by atoms with Crippen molar-refractivity contribution < 1.29 is 0 Å². The number of nitrogens with one attached hydrogen (secondary N) is 1. The van der Waals surface area contributed by atoms with Crippen molar-refractivity contribution in [2.45, 2.75) is 32.7 Å². The van der Waals surface area contributed by atoms with Gasteiger partial charge in [-0.2, -0.15) is 0 Å². The molecule has 0 saturated carbocycles. The number of fused-ring (bicyclic) bond motifs is 1. The lowest BCUT2D eigenvalue weighted by Gasteiger charge is -2.14. The Labute approximate surface area is 108 Å². The van der Waals surface area contributed by atoms with Crippen LogP contribution >= 0.6 is 0 Å². The molecule has 0 fully saturated rings. The van der Waals surface area contributed by atoms with Crippen molar-refractivity contribution in [3.63, 3.8) is 0 Å². The van der Waals surface area contributed by atoms with Gasteiger partial charge >= 0.3 is 0 Å². The van der Waals surface area contributed by atoms with Gasteiger partial charge in [0.25, 0.3) is 0 Å². The zero-order valence-corrected chi connectivity index (χ0v) is 10.8. The van der Waals surface area contributed by atoms with E-state index in [4.69, 9.17) is 0 Å². The minimum Gasteiger partial charge on any atom is -0.356 e. The maximum absolute atomic E-state index is 4.65. The second kappa shape index (κ2) is 4.84. The van der Waals surface area contributed by atoms with Crippen LogP contribution in [0.2, 0.25) is 0 Å². The van der Waals surface area contributed by atoms with E-state index in [0.29, 0.717) is 0 Å². The maximum atomic E-state index is 4.65. The van der Waals surface area contributed by atoms with E-state index in [9.17, 15) is 0 Å². The molecule has 3 heteroatoms. The van der Waals surface area contributed by atoms with Crippen LogP contribution in [0.15, 0.2) is 30.5 Å². The Morgan fingerprint density at radius 2 is 2.11 bits per heavy atom. The normalized spacial score (nSPS) is 14.1. The molecular formula is C15H19N3. The minimum atomic E-state index is 1.01. The summed E-state index contributed by atoms with van der Waals surface area (Å²) in [7, 11) is 0. The van der Waals surface area contributed by atoms with Crippen LogP contribution in [-0.2, 0) is 13.0 Å². The van der Waals surface area contributed by atoms with Gasteiger partial charge in [0.1, 0.15) is 0 Å². The molecule has 1 aromatic heterocycles. The van der Waals surface area contributed by atoms with Crippen molar-refractivity contribution in [1.29, 1.82) is 0 Å². The molecule has 1 aromatic carbocycles. The summed E-state index contributed by atoms with van der Waals surface area (Å²) in [4.78, 5) is 4.65. The van der Waals surface area contributed by atoms with Crippen LogP contribution in [0.4, 0.5) is 5.95 Å². The predicted molar refractivity (Wildman–Crippen MR) is 74.8 cm³/mol. The third kappa shape index (κ3) is 2.13. The van der Waals surface area contributed by atoms with E-state index in [1.807, 2.05) is 0 Å². The SMILES string of the molecule is CCCc1ccc(-c2cn3c(n2)NCCC3)cc1. The highest BCUT2D eigenvalue weighted by Gasteiger charge is 2.12. The number of aromatic nitrogens is 2. The molecule has 0 atom stereocenters. The highest BCUT2D eigenvalue weighted by molar-refractivity contribution is 5.61. The Kier molecular flexibility index (Phi) is 3.05. The molecule has 0 unspecified atom stereocenters.